The van der Waals surface area contributed by atoms with Crippen molar-refractivity contribution in [1.82, 2.24) is 5.32 Å². The molecule has 360 valence electrons. The van der Waals surface area contributed by atoms with E-state index in [1.54, 1.807) is 0 Å². The minimum atomic E-state index is -0.668. The fourth-order valence-corrected chi connectivity index (χ4v) is 8.32. The van der Waals surface area contributed by atoms with Crippen molar-refractivity contribution in [2.75, 3.05) is 13.2 Å². The molecule has 0 aliphatic carbocycles. The molecule has 0 rings (SSSR count). The molecule has 2 atom stereocenters. The zero-order valence-corrected chi connectivity index (χ0v) is 40.9. The van der Waals surface area contributed by atoms with Gasteiger partial charge < -0.3 is 20.3 Å². The fourth-order valence-electron chi connectivity index (χ4n) is 8.32. The third-order valence-electron chi connectivity index (χ3n) is 12.5. The molecule has 0 heterocycles. The third-order valence-corrected chi connectivity index (χ3v) is 12.5. The highest BCUT2D eigenvalue weighted by atomic mass is 16.5. The summed E-state index contributed by atoms with van der Waals surface area (Å²) in [7, 11) is 0. The van der Waals surface area contributed by atoms with E-state index < -0.39 is 12.1 Å². The van der Waals surface area contributed by atoms with Crippen molar-refractivity contribution in [2.45, 2.75) is 302 Å². The fraction of sp³-hybridized carbons (Fsp3) is 0.891. The van der Waals surface area contributed by atoms with Gasteiger partial charge in [0.05, 0.1) is 25.4 Å². The van der Waals surface area contributed by atoms with Gasteiger partial charge in [0.25, 0.3) is 0 Å². The van der Waals surface area contributed by atoms with E-state index in [2.05, 4.69) is 43.5 Å². The molecule has 0 aromatic heterocycles. The highest BCUT2D eigenvalue weighted by Gasteiger charge is 2.20. The first-order chi connectivity index (χ1) is 30.0. The molecule has 0 aromatic carbocycles. The quantitative estimate of drug-likeness (QED) is 0.0322. The van der Waals surface area contributed by atoms with Gasteiger partial charge in [-0.1, -0.05) is 244 Å². The van der Waals surface area contributed by atoms with Crippen molar-refractivity contribution in [2.24, 2.45) is 0 Å². The first kappa shape index (κ1) is 59.3. The van der Waals surface area contributed by atoms with Crippen LogP contribution in [0.5, 0.6) is 0 Å². The smallest absolute Gasteiger partial charge is 0.305 e. The van der Waals surface area contributed by atoms with Crippen molar-refractivity contribution in [3.8, 4) is 0 Å². The molecule has 0 fully saturated rings. The normalized spacial score (nSPS) is 12.8. The number of nitrogens with one attached hydrogen (secondary N) is 1. The van der Waals surface area contributed by atoms with Crippen molar-refractivity contribution in [3.63, 3.8) is 0 Å². The van der Waals surface area contributed by atoms with Gasteiger partial charge in [0.1, 0.15) is 0 Å². The van der Waals surface area contributed by atoms with E-state index >= 15 is 0 Å². The van der Waals surface area contributed by atoms with Gasteiger partial charge in [-0.05, 0) is 57.8 Å². The number of aliphatic hydroxyl groups excluding tert-OH is 2. The predicted molar refractivity (Wildman–Crippen MR) is 264 cm³/mol. The Labute approximate surface area is 380 Å². The molecule has 0 bridgehead atoms. The first-order valence-corrected chi connectivity index (χ1v) is 27.1. The molecular weight excluding hydrogens is 755 g/mol. The van der Waals surface area contributed by atoms with Gasteiger partial charge in [0.2, 0.25) is 5.91 Å². The van der Waals surface area contributed by atoms with Crippen LogP contribution < -0.4 is 5.32 Å². The Morgan fingerprint density at radius 3 is 1.28 bits per heavy atom. The molecule has 3 N–H and O–H groups in total. The van der Waals surface area contributed by atoms with Crippen LogP contribution in [0.4, 0.5) is 0 Å². The van der Waals surface area contributed by atoms with Crippen molar-refractivity contribution >= 4 is 11.9 Å². The van der Waals surface area contributed by atoms with Gasteiger partial charge in [0, 0.05) is 12.8 Å². The Balaban J connectivity index is 3.40. The lowest BCUT2D eigenvalue weighted by atomic mass is 10.0. The zero-order valence-electron chi connectivity index (χ0n) is 40.9. The maximum Gasteiger partial charge on any atom is 0.305 e. The number of hydrogen-bond donors (Lipinski definition) is 3. The molecule has 0 aromatic rings. The van der Waals surface area contributed by atoms with Crippen LogP contribution in [-0.4, -0.2) is 47.4 Å². The van der Waals surface area contributed by atoms with Gasteiger partial charge in [0.15, 0.2) is 0 Å². The molecule has 0 aliphatic heterocycles. The minimum absolute atomic E-state index is 0.00327. The van der Waals surface area contributed by atoms with Crippen LogP contribution in [-0.2, 0) is 14.3 Å². The van der Waals surface area contributed by atoms with Crippen LogP contribution in [0, 0.1) is 0 Å². The van der Waals surface area contributed by atoms with Gasteiger partial charge in [-0.3, -0.25) is 9.59 Å². The largest absolute Gasteiger partial charge is 0.466 e. The number of rotatable bonds is 50. The molecule has 6 heteroatoms. The van der Waals surface area contributed by atoms with E-state index in [4.69, 9.17) is 4.74 Å². The lowest BCUT2D eigenvalue weighted by Gasteiger charge is -2.22. The number of hydrogen-bond acceptors (Lipinski definition) is 5. The maximum atomic E-state index is 12.4. The van der Waals surface area contributed by atoms with Crippen LogP contribution in [0.25, 0.3) is 0 Å². The van der Waals surface area contributed by atoms with E-state index in [1.807, 2.05) is 0 Å². The number of amides is 1. The summed E-state index contributed by atoms with van der Waals surface area (Å²) in [6, 6.07) is -0.546. The molecule has 0 saturated carbocycles. The average molecular weight is 860 g/mol. The second-order valence-corrected chi connectivity index (χ2v) is 18.6. The van der Waals surface area contributed by atoms with Crippen molar-refractivity contribution < 1.29 is 24.5 Å². The summed E-state index contributed by atoms with van der Waals surface area (Å²) >= 11 is 0. The number of esters is 1. The van der Waals surface area contributed by atoms with Crippen molar-refractivity contribution in [1.29, 1.82) is 0 Å². The number of unbranched alkanes of at least 4 members (excludes halogenated alkanes) is 35. The number of carbonyl (C=O) groups excluding carboxylic acids is 2. The number of allylic oxidation sites excluding steroid dienone is 4. The Morgan fingerprint density at radius 2 is 0.820 bits per heavy atom. The summed E-state index contributed by atoms with van der Waals surface area (Å²) in [5.74, 6) is -0.0484. The summed E-state index contributed by atoms with van der Waals surface area (Å²) in [5, 5.41) is 23.1. The van der Waals surface area contributed by atoms with Gasteiger partial charge in [-0.15, -0.1) is 0 Å². The Kier molecular flexibility index (Phi) is 49.6. The lowest BCUT2D eigenvalue weighted by molar-refractivity contribution is -0.143. The third kappa shape index (κ3) is 47.7. The maximum absolute atomic E-state index is 12.4. The highest BCUT2D eigenvalue weighted by Crippen LogP contribution is 2.17. The van der Waals surface area contributed by atoms with Crippen LogP contribution in [0.1, 0.15) is 290 Å². The van der Waals surface area contributed by atoms with E-state index in [9.17, 15) is 19.8 Å². The van der Waals surface area contributed by atoms with Crippen LogP contribution >= 0.6 is 0 Å². The molecule has 0 aliphatic rings. The summed E-state index contributed by atoms with van der Waals surface area (Å²) in [4.78, 5) is 24.5. The highest BCUT2D eigenvalue weighted by molar-refractivity contribution is 5.76. The van der Waals surface area contributed by atoms with Gasteiger partial charge in [-0.2, -0.15) is 0 Å². The van der Waals surface area contributed by atoms with Gasteiger partial charge in [-0.25, -0.2) is 0 Å². The lowest BCUT2D eigenvalue weighted by Crippen LogP contribution is -2.45. The van der Waals surface area contributed by atoms with E-state index in [-0.39, 0.29) is 18.5 Å². The molecule has 61 heavy (non-hydrogen) atoms. The molecule has 0 spiro atoms. The van der Waals surface area contributed by atoms with Gasteiger partial charge >= 0.3 is 5.97 Å². The van der Waals surface area contributed by atoms with Crippen LogP contribution in [0.15, 0.2) is 24.3 Å². The minimum Gasteiger partial charge on any atom is -0.466 e. The van der Waals surface area contributed by atoms with E-state index in [0.717, 1.165) is 57.8 Å². The second kappa shape index (κ2) is 51.0. The standard InChI is InChI=1S/C55H105NO5/c1-3-5-7-9-11-13-15-16-17-18-19-20-23-26-29-33-37-41-45-49-55(60)61-50-46-42-38-34-30-27-24-21-22-25-28-32-36-40-44-48-54(59)56-52(51-57)53(58)47-43-39-35-31-14-12-10-8-6-4-2/h11,13,16-17,52-53,57-58H,3-10,12,14-15,18-51H2,1-2H3,(H,56,59)/b13-11-,17-16-. The summed E-state index contributed by atoms with van der Waals surface area (Å²) in [5.41, 5.74) is 0. The second-order valence-electron chi connectivity index (χ2n) is 18.6. The summed E-state index contributed by atoms with van der Waals surface area (Å²) in [6.45, 7) is 4.90. The Morgan fingerprint density at radius 1 is 0.459 bits per heavy atom. The Bertz CT molecular complexity index is 951. The molecule has 0 saturated heterocycles. The number of ether oxygens (including phenoxy) is 1. The molecule has 6 nitrogen and oxygen atoms in total. The topological polar surface area (TPSA) is 95.9 Å². The average Bonchev–Trinajstić information content (AvgIpc) is 3.26. The molecule has 1 amide bonds. The first-order valence-electron chi connectivity index (χ1n) is 27.1. The molecule has 0 radical (unpaired) electrons. The monoisotopic (exact) mass is 860 g/mol. The number of carbonyl (C=O) groups is 2. The van der Waals surface area contributed by atoms with Crippen LogP contribution in [0.3, 0.4) is 0 Å². The summed E-state index contributed by atoms with van der Waals surface area (Å²) < 4.78 is 5.48. The van der Waals surface area contributed by atoms with Crippen LogP contribution in [0.2, 0.25) is 0 Å². The van der Waals surface area contributed by atoms with Crippen molar-refractivity contribution in [3.05, 3.63) is 24.3 Å². The zero-order chi connectivity index (χ0) is 44.4. The predicted octanol–water partition coefficient (Wildman–Crippen LogP) is 16.3. The molecule has 2 unspecified atom stereocenters. The number of aliphatic hydroxyl groups is 2. The van der Waals surface area contributed by atoms with E-state index in [1.165, 1.54) is 199 Å². The van der Waals surface area contributed by atoms with E-state index in [0.29, 0.717) is 25.9 Å². The Hall–Kier alpha value is -1.66. The molecular formula is C55H105NO5. The summed E-state index contributed by atoms with van der Waals surface area (Å²) in [6.07, 6.45) is 60.1. The SMILES string of the molecule is CCCCC/C=C\C/C=C\CCCCCCCCCCCC(=O)OCCCCCCCCCCCCCCCCCC(=O)NC(CO)C(O)CCCCCCCCCCCC.